The highest BCUT2D eigenvalue weighted by Crippen LogP contribution is 2.35. The van der Waals surface area contributed by atoms with Crippen molar-refractivity contribution in [2.45, 2.75) is 70.4 Å². The summed E-state index contributed by atoms with van der Waals surface area (Å²) in [6.45, 7) is 2.62. The van der Waals surface area contributed by atoms with E-state index in [-0.39, 0.29) is 23.9 Å². The van der Waals surface area contributed by atoms with Gasteiger partial charge in [0.1, 0.15) is 12.1 Å². The number of piperazine rings is 1. The Kier molecular flexibility index (Phi) is 3.99. The number of carbonyl (C=O) groups excluding carboxylic acids is 2. The summed E-state index contributed by atoms with van der Waals surface area (Å²) < 4.78 is 0. The van der Waals surface area contributed by atoms with Crippen LogP contribution in [-0.4, -0.2) is 35.3 Å². The third-order valence-electron chi connectivity index (χ3n) is 5.29. The molecule has 3 rings (SSSR count). The van der Waals surface area contributed by atoms with Crippen molar-refractivity contribution in [1.82, 2.24) is 10.2 Å². The number of nitrogens with zero attached hydrogens (tertiary/aromatic N) is 1. The van der Waals surface area contributed by atoms with Crippen LogP contribution in [0, 0.1) is 11.8 Å². The molecule has 0 spiro atoms. The molecule has 4 heteroatoms. The number of rotatable bonds is 4. The van der Waals surface area contributed by atoms with Gasteiger partial charge in [0.05, 0.1) is 0 Å². The molecule has 2 unspecified atom stereocenters. The molecule has 0 radical (unpaired) electrons. The molecule has 0 aromatic rings. The van der Waals surface area contributed by atoms with Crippen molar-refractivity contribution in [2.24, 2.45) is 11.8 Å². The van der Waals surface area contributed by atoms with Crippen LogP contribution in [0.5, 0.6) is 0 Å². The van der Waals surface area contributed by atoms with Crippen LogP contribution in [0.25, 0.3) is 0 Å². The molecule has 20 heavy (non-hydrogen) atoms. The largest absolute Gasteiger partial charge is 0.342 e. The average molecular weight is 278 g/mol. The van der Waals surface area contributed by atoms with Crippen LogP contribution in [0.2, 0.25) is 0 Å². The molecule has 1 N–H and O–H groups in total. The zero-order valence-corrected chi connectivity index (χ0v) is 12.4. The first-order chi connectivity index (χ1) is 9.66. The number of nitrogens with one attached hydrogen (secondary N) is 1. The topological polar surface area (TPSA) is 49.4 Å². The monoisotopic (exact) mass is 278 g/mol. The van der Waals surface area contributed by atoms with Gasteiger partial charge in [-0.2, -0.15) is 0 Å². The highest BCUT2D eigenvalue weighted by atomic mass is 16.2. The Hall–Kier alpha value is -1.06. The minimum atomic E-state index is -0.291. The molecule has 4 nitrogen and oxygen atoms in total. The van der Waals surface area contributed by atoms with Gasteiger partial charge in [-0.05, 0) is 38.0 Å². The van der Waals surface area contributed by atoms with Crippen molar-refractivity contribution < 1.29 is 9.59 Å². The molecule has 0 bridgehead atoms. The van der Waals surface area contributed by atoms with Crippen LogP contribution in [0.1, 0.15) is 58.3 Å². The van der Waals surface area contributed by atoms with Crippen LogP contribution < -0.4 is 5.32 Å². The van der Waals surface area contributed by atoms with Crippen LogP contribution in [-0.2, 0) is 9.59 Å². The first-order valence-electron chi connectivity index (χ1n) is 8.27. The van der Waals surface area contributed by atoms with Crippen LogP contribution in [0.3, 0.4) is 0 Å². The Morgan fingerprint density at radius 1 is 1.10 bits per heavy atom. The molecule has 2 aliphatic carbocycles. The van der Waals surface area contributed by atoms with Crippen LogP contribution >= 0.6 is 0 Å². The van der Waals surface area contributed by atoms with E-state index in [0.29, 0.717) is 5.92 Å². The van der Waals surface area contributed by atoms with Gasteiger partial charge in [0.2, 0.25) is 11.8 Å². The van der Waals surface area contributed by atoms with Gasteiger partial charge in [-0.15, -0.1) is 0 Å². The third kappa shape index (κ3) is 2.84. The van der Waals surface area contributed by atoms with E-state index in [1.54, 1.807) is 0 Å². The number of hydrogen-bond acceptors (Lipinski definition) is 2. The Bertz CT molecular complexity index is 386. The van der Waals surface area contributed by atoms with E-state index in [1.807, 2.05) is 11.8 Å². The zero-order valence-electron chi connectivity index (χ0n) is 12.4. The Morgan fingerprint density at radius 2 is 1.80 bits per heavy atom. The van der Waals surface area contributed by atoms with Crippen molar-refractivity contribution in [3.05, 3.63) is 0 Å². The molecule has 0 aromatic heterocycles. The minimum Gasteiger partial charge on any atom is -0.342 e. The Labute approximate surface area is 121 Å². The van der Waals surface area contributed by atoms with E-state index in [1.165, 1.54) is 32.1 Å². The molecule has 0 aromatic carbocycles. The van der Waals surface area contributed by atoms with Gasteiger partial charge >= 0.3 is 0 Å². The number of carbonyl (C=O) groups is 2. The predicted octanol–water partition coefficient (Wildman–Crippen LogP) is 2.08. The van der Waals surface area contributed by atoms with Crippen molar-refractivity contribution >= 4 is 11.8 Å². The van der Waals surface area contributed by atoms with Crippen LogP contribution in [0.4, 0.5) is 0 Å². The molecule has 2 atom stereocenters. The first kappa shape index (κ1) is 13.9. The Morgan fingerprint density at radius 3 is 2.45 bits per heavy atom. The van der Waals surface area contributed by atoms with Gasteiger partial charge in [-0.3, -0.25) is 9.59 Å². The second-order valence-corrected chi connectivity index (χ2v) is 6.82. The van der Waals surface area contributed by atoms with Gasteiger partial charge < -0.3 is 10.2 Å². The quantitative estimate of drug-likeness (QED) is 0.856. The summed E-state index contributed by atoms with van der Waals surface area (Å²) in [5, 5.41) is 2.92. The summed E-state index contributed by atoms with van der Waals surface area (Å²) >= 11 is 0. The highest BCUT2D eigenvalue weighted by Gasteiger charge is 2.45. The normalized spacial score (nSPS) is 32.4. The van der Waals surface area contributed by atoms with E-state index in [4.69, 9.17) is 0 Å². The SMILES string of the molecule is CC1C(=O)NC(C2CC2)C(=O)N1CCC1CCCCC1. The van der Waals surface area contributed by atoms with Gasteiger partial charge in [-0.1, -0.05) is 32.1 Å². The standard InChI is InChI=1S/C16H26N2O2/c1-11-15(19)17-14(13-7-8-13)16(20)18(11)10-9-12-5-3-2-4-6-12/h11-14H,2-10H2,1H3,(H,17,19). The lowest BCUT2D eigenvalue weighted by atomic mass is 9.86. The van der Waals surface area contributed by atoms with E-state index < -0.39 is 0 Å². The molecule has 3 aliphatic rings. The van der Waals surface area contributed by atoms with Gasteiger partial charge in [0, 0.05) is 6.54 Å². The highest BCUT2D eigenvalue weighted by molar-refractivity contribution is 5.97. The number of amides is 2. The van der Waals surface area contributed by atoms with E-state index in [2.05, 4.69) is 5.32 Å². The smallest absolute Gasteiger partial charge is 0.246 e. The molecular weight excluding hydrogens is 252 g/mol. The summed E-state index contributed by atoms with van der Waals surface area (Å²) in [5.41, 5.74) is 0. The molecule has 1 heterocycles. The fraction of sp³-hybridized carbons (Fsp3) is 0.875. The molecule has 1 saturated heterocycles. The summed E-state index contributed by atoms with van der Waals surface area (Å²) in [6.07, 6.45) is 9.87. The van der Waals surface area contributed by atoms with Crippen LogP contribution in [0.15, 0.2) is 0 Å². The zero-order chi connectivity index (χ0) is 14.1. The summed E-state index contributed by atoms with van der Waals surface area (Å²) in [5.74, 6) is 1.35. The maximum absolute atomic E-state index is 12.5. The third-order valence-corrected chi connectivity index (χ3v) is 5.29. The molecular formula is C16H26N2O2. The second kappa shape index (κ2) is 5.74. The van der Waals surface area contributed by atoms with E-state index in [0.717, 1.165) is 31.7 Å². The van der Waals surface area contributed by atoms with Crippen molar-refractivity contribution in [3.63, 3.8) is 0 Å². The molecule has 112 valence electrons. The summed E-state index contributed by atoms with van der Waals surface area (Å²) in [6, 6.07) is -0.522. The van der Waals surface area contributed by atoms with Crippen molar-refractivity contribution in [2.75, 3.05) is 6.54 Å². The maximum atomic E-state index is 12.5. The predicted molar refractivity (Wildman–Crippen MR) is 77.0 cm³/mol. The van der Waals surface area contributed by atoms with Crippen molar-refractivity contribution in [3.8, 4) is 0 Å². The lowest BCUT2D eigenvalue weighted by Crippen LogP contribution is -2.63. The fourth-order valence-corrected chi connectivity index (χ4v) is 3.70. The lowest BCUT2D eigenvalue weighted by Gasteiger charge is -2.38. The maximum Gasteiger partial charge on any atom is 0.246 e. The Balaban J connectivity index is 1.59. The average Bonchev–Trinajstić information content (AvgIpc) is 3.28. The van der Waals surface area contributed by atoms with E-state index >= 15 is 0 Å². The lowest BCUT2D eigenvalue weighted by molar-refractivity contribution is -0.149. The van der Waals surface area contributed by atoms with Gasteiger partial charge in [0.25, 0.3) is 0 Å². The number of hydrogen-bond donors (Lipinski definition) is 1. The minimum absolute atomic E-state index is 0.0325. The summed E-state index contributed by atoms with van der Waals surface area (Å²) in [7, 11) is 0. The first-order valence-corrected chi connectivity index (χ1v) is 8.27. The van der Waals surface area contributed by atoms with Gasteiger partial charge in [0.15, 0.2) is 0 Å². The van der Waals surface area contributed by atoms with E-state index in [9.17, 15) is 9.59 Å². The molecule has 3 fully saturated rings. The van der Waals surface area contributed by atoms with Crippen molar-refractivity contribution in [1.29, 1.82) is 0 Å². The van der Waals surface area contributed by atoms with Gasteiger partial charge in [-0.25, -0.2) is 0 Å². The molecule has 2 saturated carbocycles. The molecule has 2 amide bonds. The molecule has 1 aliphatic heterocycles. The second-order valence-electron chi connectivity index (χ2n) is 6.82. The fourth-order valence-electron chi connectivity index (χ4n) is 3.70. The summed E-state index contributed by atoms with van der Waals surface area (Å²) in [4.78, 5) is 26.4.